The number of ether oxygens (including phenoxy) is 2. The molecule has 4 aromatic rings. The van der Waals surface area contributed by atoms with Crippen LogP contribution in [0, 0.1) is 17.0 Å². The van der Waals surface area contributed by atoms with Crippen LogP contribution >= 0.6 is 0 Å². The second-order valence-corrected chi connectivity index (χ2v) is 11.2. The van der Waals surface area contributed by atoms with Crippen molar-refractivity contribution in [3.63, 3.8) is 0 Å². The predicted octanol–water partition coefficient (Wildman–Crippen LogP) is 6.25. The van der Waals surface area contributed by atoms with Crippen molar-refractivity contribution in [2.24, 2.45) is 5.41 Å². The van der Waals surface area contributed by atoms with Crippen molar-refractivity contribution < 1.29 is 32.6 Å². The number of hydrogen-bond donors (Lipinski definition) is 1. The summed E-state index contributed by atoms with van der Waals surface area (Å²) in [5.74, 6) is -0.926. The van der Waals surface area contributed by atoms with E-state index in [9.17, 15) is 18.8 Å². The van der Waals surface area contributed by atoms with E-state index in [1.807, 2.05) is 0 Å². The number of carbonyl (C=O) groups excluding carboxylic acids is 3. The molecule has 2 fully saturated rings. The molecule has 0 unspecified atom stereocenters. The molecule has 2 aliphatic rings. The van der Waals surface area contributed by atoms with Gasteiger partial charge >= 0.3 is 0 Å². The monoisotopic (exact) mass is 584 g/mol. The molecular weight excluding hydrogens is 554 g/mol. The Kier molecular flexibility index (Phi) is 7.42. The molecule has 0 bridgehead atoms. The number of nitrogens with one attached hydrogen (secondary N) is 1. The Bertz CT molecular complexity index is 1780. The number of benzene rings is 3. The largest absolute Gasteiger partial charge is 0.496 e. The molecule has 0 aliphatic heterocycles. The summed E-state index contributed by atoms with van der Waals surface area (Å²) in [6.45, 7) is 0. The van der Waals surface area contributed by atoms with Crippen LogP contribution in [0.3, 0.4) is 0 Å². The van der Waals surface area contributed by atoms with Crippen LogP contribution in [0.2, 0.25) is 0 Å². The molecule has 1 N–H and O–H groups in total. The van der Waals surface area contributed by atoms with Crippen molar-refractivity contribution in [3.05, 3.63) is 94.7 Å². The van der Waals surface area contributed by atoms with Crippen LogP contribution in [0.25, 0.3) is 10.9 Å². The Hall–Kier alpha value is -4.66. The lowest BCUT2D eigenvalue weighted by molar-refractivity contribution is -0.133. The summed E-state index contributed by atoms with van der Waals surface area (Å²) in [6, 6.07) is 13.5. The van der Waals surface area contributed by atoms with Gasteiger partial charge in [0.25, 0.3) is 5.91 Å². The van der Waals surface area contributed by atoms with Gasteiger partial charge in [0, 0.05) is 37.5 Å². The summed E-state index contributed by atoms with van der Waals surface area (Å²) in [5.41, 5.74) is 1.77. The molecule has 0 radical (unpaired) electrons. The average Bonchev–Trinajstić information content (AvgIpc) is 3.92. The van der Waals surface area contributed by atoms with Crippen LogP contribution in [0.4, 0.5) is 8.78 Å². The highest BCUT2D eigenvalue weighted by Gasteiger charge is 2.54. The molecule has 43 heavy (non-hydrogen) atoms. The summed E-state index contributed by atoms with van der Waals surface area (Å²) in [6.07, 6.45) is 4.39. The van der Waals surface area contributed by atoms with Crippen LogP contribution in [0.1, 0.15) is 58.6 Å². The Morgan fingerprint density at radius 1 is 0.930 bits per heavy atom. The molecule has 220 valence electrons. The minimum atomic E-state index is -1.07. The van der Waals surface area contributed by atoms with E-state index < -0.39 is 11.2 Å². The molecule has 0 spiro atoms. The van der Waals surface area contributed by atoms with Crippen molar-refractivity contribution in [3.8, 4) is 17.2 Å². The Morgan fingerprint density at radius 3 is 2.37 bits per heavy atom. The van der Waals surface area contributed by atoms with Gasteiger partial charge in [-0.05, 0) is 84.7 Å². The van der Waals surface area contributed by atoms with Crippen molar-refractivity contribution in [2.75, 3.05) is 14.2 Å². The fourth-order valence-corrected chi connectivity index (χ4v) is 5.61. The van der Waals surface area contributed by atoms with Gasteiger partial charge in [-0.15, -0.1) is 0 Å². The highest BCUT2D eigenvalue weighted by Crippen LogP contribution is 2.50. The van der Waals surface area contributed by atoms with E-state index in [0.29, 0.717) is 35.1 Å². The summed E-state index contributed by atoms with van der Waals surface area (Å²) in [5, 5.41) is 3.05. The van der Waals surface area contributed by atoms with Crippen LogP contribution in [-0.4, -0.2) is 36.6 Å². The van der Waals surface area contributed by atoms with Crippen LogP contribution in [-0.2, 0) is 22.4 Å². The van der Waals surface area contributed by atoms with Gasteiger partial charge in [0.15, 0.2) is 23.1 Å². The first-order chi connectivity index (χ1) is 20.7. The number of ketones is 2. The van der Waals surface area contributed by atoms with E-state index in [4.69, 9.17) is 9.47 Å². The lowest BCUT2D eigenvalue weighted by atomic mass is 9.86. The van der Waals surface area contributed by atoms with Gasteiger partial charge in [0.05, 0.1) is 23.6 Å². The topological polar surface area (TPSA) is 94.6 Å². The minimum Gasteiger partial charge on any atom is -0.496 e. The van der Waals surface area contributed by atoms with E-state index in [-0.39, 0.29) is 59.1 Å². The molecular formula is C34H30F2N2O5. The first-order valence-electron chi connectivity index (χ1n) is 14.2. The lowest BCUT2D eigenvalue weighted by Gasteiger charge is -2.16. The van der Waals surface area contributed by atoms with Gasteiger partial charge in [-0.1, -0.05) is 12.1 Å². The second kappa shape index (κ2) is 11.2. The zero-order valence-electron chi connectivity index (χ0n) is 23.8. The number of amides is 1. The SMILES string of the molecule is CNC(=O)c1cc2c(Oc3ccc(CC(=O)C4(C(=O)Cc5ccc(F)cc5C5CC5)CC4)cc3F)ccnc2cc1OC. The predicted molar refractivity (Wildman–Crippen MR) is 156 cm³/mol. The van der Waals surface area contributed by atoms with Gasteiger partial charge in [0.1, 0.15) is 17.3 Å². The molecule has 1 amide bonds. The Balaban J connectivity index is 1.18. The summed E-state index contributed by atoms with van der Waals surface area (Å²) in [4.78, 5) is 43.3. The summed E-state index contributed by atoms with van der Waals surface area (Å²) in [7, 11) is 2.96. The average molecular weight is 585 g/mol. The Morgan fingerprint density at radius 2 is 1.70 bits per heavy atom. The summed E-state index contributed by atoms with van der Waals surface area (Å²) < 4.78 is 40.3. The first kappa shape index (κ1) is 28.5. The van der Waals surface area contributed by atoms with Crippen molar-refractivity contribution in [1.82, 2.24) is 10.3 Å². The molecule has 7 nitrogen and oxygen atoms in total. The lowest BCUT2D eigenvalue weighted by Crippen LogP contribution is -2.29. The van der Waals surface area contributed by atoms with Crippen LogP contribution in [0.15, 0.2) is 60.8 Å². The highest BCUT2D eigenvalue weighted by molar-refractivity contribution is 6.11. The number of hydrogen-bond acceptors (Lipinski definition) is 6. The molecule has 0 saturated heterocycles. The van der Waals surface area contributed by atoms with Gasteiger partial charge in [-0.3, -0.25) is 19.4 Å². The number of fused-ring (bicyclic) bond motifs is 1. The number of rotatable bonds is 11. The van der Waals surface area contributed by atoms with Crippen molar-refractivity contribution >= 4 is 28.4 Å². The third-order valence-electron chi connectivity index (χ3n) is 8.37. The minimum absolute atomic E-state index is 0.0675. The van der Waals surface area contributed by atoms with E-state index in [1.54, 1.807) is 30.3 Å². The molecule has 0 atom stereocenters. The fraction of sp³-hybridized carbons (Fsp3) is 0.294. The van der Waals surface area contributed by atoms with Gasteiger partial charge in [-0.25, -0.2) is 8.78 Å². The normalized spacial score (nSPS) is 15.2. The Labute approximate surface area is 247 Å². The number of pyridine rings is 1. The molecule has 1 aromatic heterocycles. The fourth-order valence-electron chi connectivity index (χ4n) is 5.61. The number of methoxy groups -OCH3 is 1. The highest BCUT2D eigenvalue weighted by atomic mass is 19.1. The van der Waals surface area contributed by atoms with Gasteiger partial charge in [0.2, 0.25) is 0 Å². The van der Waals surface area contributed by atoms with Gasteiger partial charge in [-0.2, -0.15) is 0 Å². The third-order valence-corrected chi connectivity index (χ3v) is 8.37. The number of halogens is 2. The zero-order valence-corrected chi connectivity index (χ0v) is 23.8. The number of carbonyl (C=O) groups is 3. The van der Waals surface area contributed by atoms with E-state index in [2.05, 4.69) is 10.3 Å². The maximum atomic E-state index is 15.3. The maximum Gasteiger partial charge on any atom is 0.254 e. The molecule has 1 heterocycles. The quantitative estimate of drug-likeness (QED) is 0.209. The zero-order chi connectivity index (χ0) is 30.3. The van der Waals surface area contributed by atoms with Crippen LogP contribution < -0.4 is 14.8 Å². The van der Waals surface area contributed by atoms with E-state index in [1.165, 1.54) is 44.6 Å². The molecule has 9 heteroatoms. The second-order valence-electron chi connectivity index (χ2n) is 11.2. The maximum absolute atomic E-state index is 15.3. The van der Waals surface area contributed by atoms with Crippen molar-refractivity contribution in [1.29, 1.82) is 0 Å². The van der Waals surface area contributed by atoms with Crippen molar-refractivity contribution in [2.45, 2.75) is 44.4 Å². The van der Waals surface area contributed by atoms with E-state index in [0.717, 1.165) is 24.0 Å². The standard InChI is InChI=1S/C34H30F2N2O5/c1-37-33(41)25-17-24-27(18-30(25)42-2)38-12-9-28(24)43-29-8-3-19(13-26(29)36)14-31(39)34(10-11-34)32(40)15-21-6-7-22(35)16-23(21)20-4-5-20/h3,6-9,12-13,16-18,20H,4-5,10-11,14-15H2,1-2H3,(H,37,41). The molecule has 2 aliphatic carbocycles. The third kappa shape index (κ3) is 5.59. The molecule has 6 rings (SSSR count). The first-order valence-corrected chi connectivity index (χ1v) is 14.2. The number of Topliss-reactive ketones (excluding diaryl/α,β-unsaturated/α-hetero) is 2. The number of nitrogens with zero attached hydrogens (tertiary/aromatic N) is 1. The smallest absolute Gasteiger partial charge is 0.254 e. The van der Waals surface area contributed by atoms with E-state index >= 15 is 4.39 Å². The molecule has 2 saturated carbocycles. The summed E-state index contributed by atoms with van der Waals surface area (Å²) >= 11 is 0. The molecule has 3 aromatic carbocycles. The number of aromatic nitrogens is 1. The van der Waals surface area contributed by atoms with Crippen LogP contribution in [0.5, 0.6) is 17.2 Å². The van der Waals surface area contributed by atoms with Gasteiger partial charge < -0.3 is 14.8 Å².